The first kappa shape index (κ1) is 43.7. The van der Waals surface area contributed by atoms with Crippen molar-refractivity contribution in [2.75, 3.05) is 0 Å². The van der Waals surface area contributed by atoms with Gasteiger partial charge in [0.05, 0.1) is 23.6 Å². The quantitative estimate of drug-likeness (QED) is 0.112. The van der Waals surface area contributed by atoms with Gasteiger partial charge in [0.25, 0.3) is 6.33 Å². The largest absolute Gasteiger partial charge is 0.510 e. The molecule has 0 unspecified atom stereocenters. The minimum Gasteiger partial charge on any atom is -0.510 e. The smallest absolute Gasteiger partial charge is 0.268 e. The van der Waals surface area contributed by atoms with Crippen LogP contribution in [-0.4, -0.2) is 14.1 Å². The van der Waals surface area contributed by atoms with Crippen molar-refractivity contribution in [2.24, 2.45) is 0 Å². The second-order valence-corrected chi connectivity index (χ2v) is 24.1. The van der Waals surface area contributed by atoms with E-state index in [0.717, 1.165) is 55.3 Å². The summed E-state index contributed by atoms with van der Waals surface area (Å²) in [7, 11) is 0. The first-order valence-corrected chi connectivity index (χ1v) is 26.0. The maximum atomic E-state index is 8.68. The average molecular weight is 1200 g/mol. The molecule has 0 amide bonds. The zero-order valence-electron chi connectivity index (χ0n) is 53.9. The SMILES string of the molecule is [2H]c1c([2H])c([2H])c(-c2cnc(-n3c4[c-]c(Oc5[c-]c(-n6[c-][n+](-c7c(-c8cccc(C(C)(C)C)c8)cc(C(C)(C)C)cc7-c7cc(C(C)(C)C)cc(C(C)(C)C)c7)c7ccccc76)ccc5)ccc4c4ccccc43)cc2C([2H])([2H])[2H])c([2H])c1[2H].[Pt]. The van der Waals surface area contributed by atoms with Gasteiger partial charge in [-0.25, -0.2) is 4.98 Å². The molecule has 77 heavy (non-hydrogen) atoms. The summed E-state index contributed by atoms with van der Waals surface area (Å²) in [6.45, 7) is 24.6. The normalized spacial score (nSPS) is 14.0. The van der Waals surface area contributed by atoms with Crippen LogP contribution in [0.1, 0.15) is 122 Å². The zero-order valence-corrected chi connectivity index (χ0v) is 48.1. The Kier molecular flexibility index (Phi) is 11.3. The molecule has 0 saturated heterocycles. The molecule has 0 fully saturated rings. The monoisotopic (exact) mass is 1200 g/mol. The van der Waals surface area contributed by atoms with Gasteiger partial charge in [0.15, 0.2) is 0 Å². The number of para-hydroxylation sites is 3. The van der Waals surface area contributed by atoms with E-state index in [9.17, 15) is 0 Å². The molecule has 3 heterocycles. The Labute approximate surface area is 481 Å². The van der Waals surface area contributed by atoms with Crippen LogP contribution in [0.5, 0.6) is 11.5 Å². The molecule has 0 radical (unpaired) electrons. The van der Waals surface area contributed by atoms with E-state index in [0.29, 0.717) is 22.7 Å². The Morgan fingerprint density at radius 3 is 1.83 bits per heavy atom. The Balaban J connectivity index is 0.00000803. The van der Waals surface area contributed by atoms with Crippen LogP contribution in [0.2, 0.25) is 0 Å². The molecule has 0 aliphatic heterocycles. The molecular formula is C71H68N4OPt-2. The third-order valence-corrected chi connectivity index (χ3v) is 14.4. The molecule has 3 aromatic heterocycles. The van der Waals surface area contributed by atoms with Gasteiger partial charge in [0.1, 0.15) is 5.82 Å². The van der Waals surface area contributed by atoms with Gasteiger partial charge in [0, 0.05) is 54.0 Å². The molecule has 0 aliphatic carbocycles. The molecule has 0 aliphatic rings. The fourth-order valence-corrected chi connectivity index (χ4v) is 10.0. The van der Waals surface area contributed by atoms with Crippen LogP contribution in [0, 0.1) is 25.3 Å². The Morgan fingerprint density at radius 2 is 1.14 bits per heavy atom. The van der Waals surface area contributed by atoms with Gasteiger partial charge in [-0.15, -0.1) is 29.7 Å². The summed E-state index contributed by atoms with van der Waals surface area (Å²) in [5.41, 5.74) is 13.1. The van der Waals surface area contributed by atoms with Crippen LogP contribution in [0.4, 0.5) is 0 Å². The van der Waals surface area contributed by atoms with E-state index in [1.54, 1.807) is 4.57 Å². The molecule has 8 aromatic carbocycles. The van der Waals surface area contributed by atoms with E-state index in [4.69, 9.17) is 20.7 Å². The molecule has 5 nitrogen and oxygen atoms in total. The Morgan fingerprint density at radius 1 is 0.532 bits per heavy atom. The number of benzene rings is 8. The molecule has 0 bridgehead atoms. The summed E-state index contributed by atoms with van der Waals surface area (Å²) in [5, 5.41) is 1.66. The summed E-state index contributed by atoms with van der Waals surface area (Å²) in [4.78, 5) is 4.75. The van der Waals surface area contributed by atoms with Gasteiger partial charge in [-0.3, -0.25) is 4.57 Å². The van der Waals surface area contributed by atoms with Crippen molar-refractivity contribution in [3.05, 3.63) is 222 Å². The predicted octanol–water partition coefficient (Wildman–Crippen LogP) is 18.1. The number of imidazole rings is 1. The van der Waals surface area contributed by atoms with E-state index >= 15 is 0 Å². The van der Waals surface area contributed by atoms with Gasteiger partial charge in [-0.1, -0.05) is 216 Å². The van der Waals surface area contributed by atoms with E-state index in [1.807, 2.05) is 65.2 Å². The molecule has 11 aromatic rings. The van der Waals surface area contributed by atoms with Gasteiger partial charge < -0.3 is 13.9 Å². The van der Waals surface area contributed by atoms with E-state index in [1.165, 1.54) is 34.5 Å². The summed E-state index contributed by atoms with van der Waals surface area (Å²) in [6, 6.07) is 52.2. The van der Waals surface area contributed by atoms with Crippen molar-refractivity contribution in [2.45, 2.75) is 112 Å². The van der Waals surface area contributed by atoms with Crippen molar-refractivity contribution in [1.29, 1.82) is 0 Å². The number of aromatic nitrogens is 4. The Hall–Kier alpha value is -7.33. The van der Waals surface area contributed by atoms with Crippen molar-refractivity contribution < 1.29 is 41.3 Å². The number of nitrogens with zero attached hydrogens (tertiary/aromatic N) is 4. The number of ether oxygens (including phenoxy) is 1. The summed E-state index contributed by atoms with van der Waals surface area (Å²) >= 11 is 0. The first-order chi connectivity index (χ1) is 39.4. The van der Waals surface area contributed by atoms with Gasteiger partial charge >= 0.3 is 0 Å². The maximum Gasteiger partial charge on any atom is 0.268 e. The predicted molar refractivity (Wildman–Crippen MR) is 316 cm³/mol. The van der Waals surface area contributed by atoms with E-state index in [2.05, 4.69) is 179 Å². The molecular weight excluding hydrogens is 1120 g/mol. The third kappa shape index (κ3) is 10.2. The second-order valence-electron chi connectivity index (χ2n) is 24.1. The number of hydrogen-bond acceptors (Lipinski definition) is 2. The Bertz CT molecular complexity index is 4390. The topological polar surface area (TPSA) is 35.9 Å². The van der Waals surface area contributed by atoms with Crippen LogP contribution in [0.25, 0.3) is 83.4 Å². The van der Waals surface area contributed by atoms with Gasteiger partial charge in [0.2, 0.25) is 0 Å². The van der Waals surface area contributed by atoms with Gasteiger partial charge in [-0.2, -0.15) is 18.2 Å². The number of aryl methyl sites for hydroxylation is 1. The number of hydrogen-bond donors (Lipinski definition) is 0. The second kappa shape index (κ2) is 19.9. The molecule has 390 valence electrons. The minimum atomic E-state index is -2.76. The van der Waals surface area contributed by atoms with E-state index in [-0.39, 0.29) is 65.2 Å². The molecule has 0 spiro atoms. The number of pyridine rings is 1. The van der Waals surface area contributed by atoms with Crippen molar-refractivity contribution in [1.82, 2.24) is 14.1 Å². The van der Waals surface area contributed by atoms with E-state index < -0.39 is 37.1 Å². The maximum absolute atomic E-state index is 8.68. The number of fused-ring (bicyclic) bond motifs is 4. The average Bonchev–Trinajstić information content (AvgIpc) is 1.83. The van der Waals surface area contributed by atoms with Crippen molar-refractivity contribution in [3.8, 4) is 62.1 Å². The summed E-state index contributed by atoms with van der Waals surface area (Å²) in [5.74, 6) is 1.01. The van der Waals surface area contributed by atoms with Crippen LogP contribution in [0.3, 0.4) is 0 Å². The van der Waals surface area contributed by atoms with Gasteiger partial charge in [-0.05, 0) is 107 Å². The van der Waals surface area contributed by atoms with Crippen LogP contribution < -0.4 is 9.30 Å². The summed E-state index contributed by atoms with van der Waals surface area (Å²) in [6.07, 6.45) is 5.15. The number of rotatable bonds is 8. The van der Waals surface area contributed by atoms with Crippen molar-refractivity contribution in [3.63, 3.8) is 0 Å². The molecule has 0 atom stereocenters. The molecule has 0 N–H and O–H groups in total. The fourth-order valence-electron chi connectivity index (χ4n) is 10.0. The van der Waals surface area contributed by atoms with Crippen molar-refractivity contribution >= 4 is 32.8 Å². The fraction of sp³-hybridized carbons (Fsp3) is 0.239. The van der Waals surface area contributed by atoms with Crippen LogP contribution >= 0.6 is 0 Å². The standard InChI is InChI=1S/C71H68N4O.Pt/c1-46-35-66(72-44-61(46)47-23-15-14-16-24-47)75-62-30-18-17-29-57(62)58-34-33-56(43-65(58)75)76-55-28-22-27-54(42-55)73-45-74(64-32-20-19-31-63(64)73)67-59(48-25-21-26-50(36-48)68(2,3)4)40-53(71(11,12)13)41-60(67)49-37-51(69(5,6)7)39-52(38-49)70(8,9)10;/h14-41,44H,1-13H3;/q-2;/i1D3,14D,15D,16D,23D,24D;. The first-order valence-electron chi connectivity index (χ1n) is 30.0. The molecule has 0 saturated carbocycles. The minimum absolute atomic E-state index is 0. The molecule has 6 heteroatoms. The molecule has 11 rings (SSSR count). The van der Waals surface area contributed by atoms with Crippen LogP contribution in [0.15, 0.2) is 176 Å². The zero-order chi connectivity index (χ0) is 60.3. The summed E-state index contributed by atoms with van der Waals surface area (Å²) < 4.78 is 80.8. The van der Waals surface area contributed by atoms with Crippen LogP contribution in [-0.2, 0) is 42.7 Å². The third-order valence-electron chi connectivity index (χ3n) is 14.4.